The summed E-state index contributed by atoms with van der Waals surface area (Å²) < 4.78 is 25.4. The van der Waals surface area contributed by atoms with Gasteiger partial charge in [0.25, 0.3) is 5.56 Å². The van der Waals surface area contributed by atoms with Gasteiger partial charge in [0.15, 0.2) is 9.84 Å². The highest BCUT2D eigenvalue weighted by atomic mass is 32.2. The monoisotopic (exact) mass is 394 g/mol. The average Bonchev–Trinajstić information content (AvgIpc) is 2.68. The van der Waals surface area contributed by atoms with Gasteiger partial charge in [-0.15, -0.1) is 0 Å². The molecule has 0 saturated carbocycles. The predicted octanol–water partition coefficient (Wildman–Crippen LogP) is 2.50. The Kier molecular flexibility index (Phi) is 4.35. The second-order valence-corrected chi connectivity index (χ2v) is 8.64. The Hall–Kier alpha value is -3.26. The molecule has 0 aliphatic heterocycles. The van der Waals surface area contributed by atoms with Gasteiger partial charge in [0.05, 0.1) is 15.9 Å². The van der Waals surface area contributed by atoms with Crippen LogP contribution in [0.4, 0.5) is 5.82 Å². The second kappa shape index (κ2) is 6.72. The first-order valence-corrected chi connectivity index (χ1v) is 10.5. The van der Waals surface area contributed by atoms with Crippen molar-refractivity contribution in [3.05, 3.63) is 70.8 Å². The topological polar surface area (TPSA) is 93.9 Å². The predicted molar refractivity (Wildman–Crippen MR) is 109 cm³/mol. The van der Waals surface area contributed by atoms with Crippen LogP contribution in [0.25, 0.3) is 21.8 Å². The molecular formula is C20H18N4O3S. The summed E-state index contributed by atoms with van der Waals surface area (Å²) in [5.41, 5.74) is 1.98. The second-order valence-electron chi connectivity index (χ2n) is 6.62. The normalized spacial score (nSPS) is 11.8. The molecule has 1 N–H and O–H groups in total. The zero-order valence-corrected chi connectivity index (χ0v) is 16.2. The molecule has 7 nitrogen and oxygen atoms in total. The number of sulfone groups is 1. The number of hydrogen-bond acceptors (Lipinski definition) is 6. The fraction of sp³-hybridized carbons (Fsp3) is 0.150. The zero-order valence-electron chi connectivity index (χ0n) is 15.4. The van der Waals surface area contributed by atoms with E-state index in [2.05, 4.69) is 15.3 Å². The van der Waals surface area contributed by atoms with Gasteiger partial charge in [-0.25, -0.2) is 18.4 Å². The summed E-state index contributed by atoms with van der Waals surface area (Å²) in [6.45, 7) is 0.257. The number of para-hydroxylation sites is 1. The molecule has 0 saturated heterocycles. The van der Waals surface area contributed by atoms with Crippen LogP contribution in [0.1, 0.15) is 5.56 Å². The third kappa shape index (κ3) is 3.22. The van der Waals surface area contributed by atoms with Crippen molar-refractivity contribution in [1.29, 1.82) is 0 Å². The molecule has 4 aromatic rings. The summed E-state index contributed by atoms with van der Waals surface area (Å²) >= 11 is 0. The Morgan fingerprint density at radius 3 is 2.64 bits per heavy atom. The van der Waals surface area contributed by atoms with Gasteiger partial charge in [0, 0.05) is 30.8 Å². The van der Waals surface area contributed by atoms with E-state index < -0.39 is 9.84 Å². The van der Waals surface area contributed by atoms with Gasteiger partial charge in [-0.1, -0.05) is 18.2 Å². The maximum absolute atomic E-state index is 12.7. The van der Waals surface area contributed by atoms with Gasteiger partial charge >= 0.3 is 0 Å². The molecule has 0 amide bonds. The van der Waals surface area contributed by atoms with E-state index in [0.29, 0.717) is 22.3 Å². The van der Waals surface area contributed by atoms with E-state index in [0.717, 1.165) is 17.2 Å². The maximum Gasteiger partial charge on any atom is 0.255 e. The van der Waals surface area contributed by atoms with Crippen LogP contribution in [0.15, 0.2) is 64.5 Å². The number of benzene rings is 2. The van der Waals surface area contributed by atoms with Gasteiger partial charge in [0.2, 0.25) is 0 Å². The van der Waals surface area contributed by atoms with Crippen LogP contribution < -0.4 is 10.9 Å². The molecular weight excluding hydrogens is 376 g/mol. The molecule has 0 atom stereocenters. The summed E-state index contributed by atoms with van der Waals surface area (Å²) in [4.78, 5) is 21.3. The van der Waals surface area contributed by atoms with Crippen LogP contribution in [-0.2, 0) is 23.4 Å². The van der Waals surface area contributed by atoms with Crippen molar-refractivity contribution < 1.29 is 8.42 Å². The summed E-state index contributed by atoms with van der Waals surface area (Å²) in [5.74, 6) is 0.478. The Labute approximate surface area is 161 Å². The Bertz CT molecular complexity index is 1380. The van der Waals surface area contributed by atoms with Crippen molar-refractivity contribution in [2.24, 2.45) is 7.05 Å². The van der Waals surface area contributed by atoms with Crippen molar-refractivity contribution in [3.63, 3.8) is 0 Å². The lowest BCUT2D eigenvalue weighted by atomic mass is 10.1. The highest BCUT2D eigenvalue weighted by Crippen LogP contribution is 2.23. The van der Waals surface area contributed by atoms with Gasteiger partial charge in [-0.05, 0) is 35.7 Å². The Balaban J connectivity index is 1.74. The SMILES string of the molecule is Cn1c(=O)c(CNc2ncnc3ccc(S(C)(=O)=O)cc23)cc2ccccc21. The van der Waals surface area contributed by atoms with Crippen LogP contribution in [0.5, 0.6) is 0 Å². The van der Waals surface area contributed by atoms with E-state index in [9.17, 15) is 13.2 Å². The largest absolute Gasteiger partial charge is 0.365 e. The molecule has 28 heavy (non-hydrogen) atoms. The molecule has 0 spiro atoms. The Morgan fingerprint density at radius 1 is 1.07 bits per heavy atom. The van der Waals surface area contributed by atoms with Crippen molar-refractivity contribution in [3.8, 4) is 0 Å². The first-order valence-electron chi connectivity index (χ1n) is 8.61. The zero-order chi connectivity index (χ0) is 19.9. The van der Waals surface area contributed by atoms with Gasteiger partial charge in [-0.2, -0.15) is 0 Å². The van der Waals surface area contributed by atoms with Crippen LogP contribution in [0, 0.1) is 0 Å². The minimum absolute atomic E-state index is 0.0959. The molecule has 2 aromatic carbocycles. The van der Waals surface area contributed by atoms with Gasteiger partial charge in [0.1, 0.15) is 12.1 Å². The standard InChI is InChI=1S/C20H18N4O3S/c1-24-18-6-4-3-5-13(18)9-14(20(24)25)11-21-19-16-10-15(28(2,26)27)7-8-17(16)22-12-23-19/h3-10,12H,11H2,1-2H3,(H,21,22,23). The van der Waals surface area contributed by atoms with E-state index in [4.69, 9.17) is 0 Å². The number of nitrogens with zero attached hydrogens (tertiary/aromatic N) is 3. The van der Waals surface area contributed by atoms with Crippen LogP contribution in [0.2, 0.25) is 0 Å². The lowest BCUT2D eigenvalue weighted by Crippen LogP contribution is -2.23. The Morgan fingerprint density at radius 2 is 1.86 bits per heavy atom. The van der Waals surface area contributed by atoms with Crippen molar-refractivity contribution in [1.82, 2.24) is 14.5 Å². The number of anilines is 1. The summed E-state index contributed by atoms with van der Waals surface area (Å²) in [5, 5.41) is 4.71. The van der Waals surface area contributed by atoms with Gasteiger partial charge < -0.3 is 9.88 Å². The summed E-state index contributed by atoms with van der Waals surface area (Å²) in [6, 6.07) is 14.2. The third-order valence-corrected chi connectivity index (χ3v) is 5.80. The molecule has 0 aliphatic carbocycles. The number of nitrogens with one attached hydrogen (secondary N) is 1. The fourth-order valence-corrected chi connectivity index (χ4v) is 3.85. The third-order valence-electron chi connectivity index (χ3n) is 4.69. The molecule has 0 bridgehead atoms. The van der Waals surface area contributed by atoms with E-state index in [1.807, 2.05) is 30.3 Å². The van der Waals surface area contributed by atoms with Crippen molar-refractivity contribution >= 4 is 37.5 Å². The molecule has 0 fully saturated rings. The number of pyridine rings is 1. The average molecular weight is 394 g/mol. The smallest absolute Gasteiger partial charge is 0.255 e. The minimum Gasteiger partial charge on any atom is -0.365 e. The molecule has 0 unspecified atom stereocenters. The van der Waals surface area contributed by atoms with Crippen LogP contribution >= 0.6 is 0 Å². The number of rotatable bonds is 4. The molecule has 0 radical (unpaired) electrons. The van der Waals surface area contributed by atoms with Crippen molar-refractivity contribution in [2.75, 3.05) is 11.6 Å². The molecule has 4 rings (SSSR count). The van der Waals surface area contributed by atoms with Crippen LogP contribution in [0.3, 0.4) is 0 Å². The van der Waals surface area contributed by atoms with E-state index >= 15 is 0 Å². The first kappa shape index (κ1) is 18.1. The quantitative estimate of drug-likeness (QED) is 0.572. The molecule has 8 heteroatoms. The number of fused-ring (bicyclic) bond motifs is 2. The molecule has 2 heterocycles. The van der Waals surface area contributed by atoms with E-state index in [1.54, 1.807) is 23.7 Å². The number of aromatic nitrogens is 3. The lowest BCUT2D eigenvalue weighted by Gasteiger charge is -2.11. The molecule has 2 aromatic heterocycles. The van der Waals surface area contributed by atoms with E-state index in [-0.39, 0.29) is 17.0 Å². The summed E-state index contributed by atoms with van der Waals surface area (Å²) in [7, 11) is -1.61. The van der Waals surface area contributed by atoms with Gasteiger partial charge in [-0.3, -0.25) is 4.79 Å². The molecule has 0 aliphatic rings. The summed E-state index contributed by atoms with van der Waals surface area (Å²) in [6.07, 6.45) is 2.56. The molecule has 142 valence electrons. The number of aryl methyl sites for hydroxylation is 1. The van der Waals surface area contributed by atoms with Crippen molar-refractivity contribution in [2.45, 2.75) is 11.4 Å². The first-order chi connectivity index (χ1) is 13.3. The maximum atomic E-state index is 12.7. The highest BCUT2D eigenvalue weighted by molar-refractivity contribution is 7.90. The highest BCUT2D eigenvalue weighted by Gasteiger charge is 2.12. The minimum atomic E-state index is -3.35. The lowest BCUT2D eigenvalue weighted by molar-refractivity contribution is 0.602. The fourth-order valence-electron chi connectivity index (χ4n) is 3.20. The number of hydrogen-bond donors (Lipinski definition) is 1. The van der Waals surface area contributed by atoms with Crippen LogP contribution in [-0.4, -0.2) is 29.2 Å². The van der Waals surface area contributed by atoms with E-state index in [1.165, 1.54) is 12.4 Å².